The average Bonchev–Trinajstić information content (AvgIpc) is 2.37. The van der Waals surface area contributed by atoms with Crippen LogP contribution in [0.4, 0.5) is 0 Å². The number of aliphatic hydroxyl groups is 1. The third-order valence-corrected chi connectivity index (χ3v) is 2.73. The van der Waals surface area contributed by atoms with Gasteiger partial charge in [-0.25, -0.2) is 0 Å². The maximum atomic E-state index is 9.21. The Bertz CT molecular complexity index is 300. The molecule has 0 amide bonds. The molecule has 1 N–H and O–H groups in total. The lowest BCUT2D eigenvalue weighted by molar-refractivity contribution is 0.0392. The Morgan fingerprint density at radius 3 is 2.47 bits per heavy atom. The van der Waals surface area contributed by atoms with E-state index >= 15 is 0 Å². The molecule has 96 valence electrons. The van der Waals surface area contributed by atoms with Crippen molar-refractivity contribution in [1.82, 2.24) is 0 Å². The molecule has 0 heterocycles. The summed E-state index contributed by atoms with van der Waals surface area (Å²) in [6.45, 7) is 1.51. The number of rotatable bonds is 8. The molecule has 17 heavy (non-hydrogen) atoms. The lowest BCUT2D eigenvalue weighted by atomic mass is 10.1. The van der Waals surface area contributed by atoms with Crippen LogP contribution in [0.1, 0.15) is 11.1 Å². The van der Waals surface area contributed by atoms with Crippen molar-refractivity contribution < 1.29 is 14.6 Å². The van der Waals surface area contributed by atoms with Crippen molar-refractivity contribution in [2.45, 2.75) is 19.1 Å². The van der Waals surface area contributed by atoms with E-state index in [-0.39, 0.29) is 12.5 Å². The minimum Gasteiger partial charge on any atom is -0.389 e. The van der Waals surface area contributed by atoms with E-state index in [1.165, 1.54) is 5.56 Å². The van der Waals surface area contributed by atoms with E-state index in [4.69, 9.17) is 21.1 Å². The van der Waals surface area contributed by atoms with Crippen LogP contribution in [0.15, 0.2) is 24.3 Å². The Morgan fingerprint density at radius 1 is 1.24 bits per heavy atom. The first-order valence-electron chi connectivity index (χ1n) is 5.64. The van der Waals surface area contributed by atoms with Gasteiger partial charge < -0.3 is 14.6 Å². The molecular formula is C13H19ClO3. The zero-order valence-electron chi connectivity index (χ0n) is 10.1. The minimum absolute atomic E-state index is 0.204. The predicted molar refractivity (Wildman–Crippen MR) is 68.4 cm³/mol. The molecule has 0 radical (unpaired) electrons. The number of hydrogen-bond acceptors (Lipinski definition) is 3. The Labute approximate surface area is 107 Å². The zero-order valence-corrected chi connectivity index (χ0v) is 10.8. The lowest BCUT2D eigenvalue weighted by Gasteiger charge is -2.08. The second-order valence-corrected chi connectivity index (χ2v) is 4.19. The van der Waals surface area contributed by atoms with Gasteiger partial charge in [-0.05, 0) is 17.5 Å². The van der Waals surface area contributed by atoms with Crippen LogP contribution in [-0.2, 0) is 22.5 Å². The number of ether oxygens (including phenoxy) is 2. The van der Waals surface area contributed by atoms with E-state index in [2.05, 4.69) is 12.1 Å². The maximum absolute atomic E-state index is 9.21. The zero-order chi connectivity index (χ0) is 12.5. The van der Waals surface area contributed by atoms with Crippen LogP contribution in [-0.4, -0.2) is 37.4 Å². The quantitative estimate of drug-likeness (QED) is 0.725. The van der Waals surface area contributed by atoms with Gasteiger partial charge in [-0.15, -0.1) is 11.6 Å². The fraction of sp³-hybridized carbons (Fsp3) is 0.538. The van der Waals surface area contributed by atoms with E-state index in [9.17, 15) is 5.11 Å². The summed E-state index contributed by atoms with van der Waals surface area (Å²) >= 11 is 5.46. The van der Waals surface area contributed by atoms with Gasteiger partial charge in [0.1, 0.15) is 0 Å². The average molecular weight is 259 g/mol. The van der Waals surface area contributed by atoms with Crippen molar-refractivity contribution in [1.29, 1.82) is 0 Å². The number of benzene rings is 1. The fourth-order valence-corrected chi connectivity index (χ4v) is 1.47. The van der Waals surface area contributed by atoms with Gasteiger partial charge in [0, 0.05) is 7.11 Å². The summed E-state index contributed by atoms with van der Waals surface area (Å²) in [5.41, 5.74) is 2.34. The predicted octanol–water partition coefficient (Wildman–Crippen LogP) is 1.99. The number of alkyl halides is 1. The summed E-state index contributed by atoms with van der Waals surface area (Å²) in [6.07, 6.45) is 0.334. The van der Waals surface area contributed by atoms with Crippen LogP contribution >= 0.6 is 11.6 Å². The molecule has 0 saturated heterocycles. The second kappa shape index (κ2) is 8.48. The van der Waals surface area contributed by atoms with Crippen molar-refractivity contribution in [3.63, 3.8) is 0 Å². The molecule has 1 unspecified atom stereocenters. The third kappa shape index (κ3) is 6.03. The largest absolute Gasteiger partial charge is 0.389 e. The minimum atomic E-state index is -0.586. The third-order valence-electron chi connectivity index (χ3n) is 2.37. The van der Waals surface area contributed by atoms with E-state index < -0.39 is 6.10 Å². The summed E-state index contributed by atoms with van der Waals surface area (Å²) in [6, 6.07) is 8.18. The van der Waals surface area contributed by atoms with Crippen LogP contribution in [0.2, 0.25) is 0 Å². The number of aliphatic hydroxyl groups excluding tert-OH is 1. The summed E-state index contributed by atoms with van der Waals surface area (Å²) in [7, 11) is 1.70. The van der Waals surface area contributed by atoms with Gasteiger partial charge in [0.25, 0.3) is 0 Å². The van der Waals surface area contributed by atoms with Gasteiger partial charge in [0.15, 0.2) is 0 Å². The normalized spacial score (nSPS) is 12.6. The number of methoxy groups -OCH3 is 1. The topological polar surface area (TPSA) is 38.7 Å². The molecule has 1 aromatic rings. The van der Waals surface area contributed by atoms with Crippen LogP contribution in [0.5, 0.6) is 0 Å². The van der Waals surface area contributed by atoms with Crippen molar-refractivity contribution in [3.05, 3.63) is 35.4 Å². The van der Waals surface area contributed by atoms with E-state index in [0.717, 1.165) is 18.6 Å². The molecule has 1 atom stereocenters. The number of hydrogen-bond donors (Lipinski definition) is 1. The molecule has 4 heteroatoms. The second-order valence-electron chi connectivity index (χ2n) is 3.88. The summed E-state index contributed by atoms with van der Waals surface area (Å²) in [4.78, 5) is 0. The Kier molecular flexibility index (Phi) is 7.21. The van der Waals surface area contributed by atoms with Gasteiger partial charge in [-0.3, -0.25) is 0 Å². The number of halogens is 1. The van der Waals surface area contributed by atoms with Gasteiger partial charge in [0.2, 0.25) is 0 Å². The van der Waals surface area contributed by atoms with Crippen molar-refractivity contribution in [3.8, 4) is 0 Å². The highest BCUT2D eigenvalue weighted by Crippen LogP contribution is 2.07. The molecule has 0 aliphatic heterocycles. The fourth-order valence-electron chi connectivity index (χ4n) is 1.38. The Hall–Kier alpha value is -0.610. The summed E-state index contributed by atoms with van der Waals surface area (Å²) in [5.74, 6) is 0.204. The van der Waals surface area contributed by atoms with Gasteiger partial charge in [-0.2, -0.15) is 0 Å². The maximum Gasteiger partial charge on any atom is 0.0908 e. The monoisotopic (exact) mass is 258 g/mol. The molecule has 1 aromatic carbocycles. The molecule has 0 aliphatic carbocycles. The molecule has 1 rings (SSSR count). The van der Waals surface area contributed by atoms with Crippen LogP contribution in [0.3, 0.4) is 0 Å². The first-order chi connectivity index (χ1) is 8.26. The van der Waals surface area contributed by atoms with Crippen molar-refractivity contribution in [2.24, 2.45) is 0 Å². The van der Waals surface area contributed by atoms with Gasteiger partial charge >= 0.3 is 0 Å². The van der Waals surface area contributed by atoms with Crippen LogP contribution in [0, 0.1) is 0 Å². The smallest absolute Gasteiger partial charge is 0.0908 e. The summed E-state index contributed by atoms with van der Waals surface area (Å²) < 4.78 is 10.3. The molecule has 0 spiro atoms. The van der Waals surface area contributed by atoms with Crippen LogP contribution in [0.25, 0.3) is 0 Å². The SMILES string of the molecule is COCCc1ccc(COCC(O)CCl)cc1. The Morgan fingerprint density at radius 2 is 1.88 bits per heavy atom. The molecule has 0 saturated carbocycles. The Balaban J connectivity index is 2.30. The molecule has 0 fully saturated rings. The molecule has 0 aliphatic rings. The summed E-state index contributed by atoms with van der Waals surface area (Å²) in [5, 5.41) is 9.21. The van der Waals surface area contributed by atoms with E-state index in [1.807, 2.05) is 12.1 Å². The van der Waals surface area contributed by atoms with Crippen molar-refractivity contribution >= 4 is 11.6 Å². The molecule has 0 aromatic heterocycles. The highest BCUT2D eigenvalue weighted by molar-refractivity contribution is 6.18. The highest BCUT2D eigenvalue weighted by atomic mass is 35.5. The standard InChI is InChI=1S/C13H19ClO3/c1-16-7-6-11-2-4-12(5-3-11)9-17-10-13(15)8-14/h2-5,13,15H,6-10H2,1H3. The van der Waals surface area contributed by atoms with Crippen molar-refractivity contribution in [2.75, 3.05) is 26.2 Å². The van der Waals surface area contributed by atoms with E-state index in [1.54, 1.807) is 7.11 Å². The van der Waals surface area contributed by atoms with Gasteiger partial charge in [0.05, 0.1) is 31.8 Å². The first-order valence-corrected chi connectivity index (χ1v) is 6.18. The van der Waals surface area contributed by atoms with E-state index in [0.29, 0.717) is 6.61 Å². The first kappa shape index (κ1) is 14.5. The molecular weight excluding hydrogens is 240 g/mol. The van der Waals surface area contributed by atoms with Crippen LogP contribution < -0.4 is 0 Å². The highest BCUT2D eigenvalue weighted by Gasteiger charge is 2.02. The molecule has 3 nitrogen and oxygen atoms in total. The van der Waals surface area contributed by atoms with Gasteiger partial charge in [-0.1, -0.05) is 24.3 Å². The lowest BCUT2D eigenvalue weighted by Crippen LogP contribution is -2.16. The molecule has 0 bridgehead atoms.